The van der Waals surface area contributed by atoms with E-state index in [-0.39, 0.29) is 37.5 Å². The lowest BCUT2D eigenvalue weighted by Gasteiger charge is -2.18. The average Bonchev–Trinajstić information content (AvgIpc) is 3.46. The first kappa shape index (κ1) is 75.0. The van der Waals surface area contributed by atoms with Crippen molar-refractivity contribution < 1.29 is 28.6 Å². The van der Waals surface area contributed by atoms with Crippen LogP contribution in [-0.4, -0.2) is 37.2 Å². The van der Waals surface area contributed by atoms with Crippen molar-refractivity contribution in [3.8, 4) is 0 Å². The largest absolute Gasteiger partial charge is 0.462 e. The Bertz CT molecular complexity index is 1790. The van der Waals surface area contributed by atoms with Crippen LogP contribution in [0.4, 0.5) is 0 Å². The van der Waals surface area contributed by atoms with Gasteiger partial charge in [0.15, 0.2) is 6.10 Å². The van der Waals surface area contributed by atoms with E-state index < -0.39 is 6.10 Å². The van der Waals surface area contributed by atoms with Gasteiger partial charge >= 0.3 is 17.9 Å². The summed E-state index contributed by atoms with van der Waals surface area (Å²) in [6.07, 6.45) is 96.9. The maximum Gasteiger partial charge on any atom is 0.306 e. The lowest BCUT2D eigenvalue weighted by atomic mass is 10.1. The molecule has 0 aromatic carbocycles. The minimum absolute atomic E-state index is 0.106. The van der Waals surface area contributed by atoms with Crippen LogP contribution in [0, 0.1) is 0 Å². The minimum Gasteiger partial charge on any atom is -0.462 e. The van der Waals surface area contributed by atoms with Crippen molar-refractivity contribution in [3.63, 3.8) is 0 Å². The van der Waals surface area contributed by atoms with Gasteiger partial charge in [0.1, 0.15) is 13.2 Å². The molecule has 0 heterocycles. The van der Waals surface area contributed by atoms with Crippen molar-refractivity contribution in [2.45, 2.75) is 277 Å². The molecule has 0 amide bonds. The number of hydrogen-bond acceptors (Lipinski definition) is 6. The molecular formula is C74H118O6. The summed E-state index contributed by atoms with van der Waals surface area (Å²) in [7, 11) is 0. The Kier molecular flexibility index (Phi) is 62.4. The summed E-state index contributed by atoms with van der Waals surface area (Å²) >= 11 is 0. The number of allylic oxidation sites excluding steroid dienone is 26. The van der Waals surface area contributed by atoms with Crippen LogP contribution < -0.4 is 0 Å². The van der Waals surface area contributed by atoms with E-state index in [0.29, 0.717) is 19.3 Å². The Labute approximate surface area is 492 Å². The minimum atomic E-state index is -0.816. The summed E-state index contributed by atoms with van der Waals surface area (Å²) in [6, 6.07) is 0. The summed E-state index contributed by atoms with van der Waals surface area (Å²) in [4.78, 5) is 38.2. The van der Waals surface area contributed by atoms with Gasteiger partial charge in [-0.1, -0.05) is 288 Å². The maximum atomic E-state index is 12.9. The third-order valence-corrected chi connectivity index (χ3v) is 13.3. The molecule has 0 N–H and O–H groups in total. The fraction of sp³-hybridized carbons (Fsp3) is 0.608. The Morgan fingerprint density at radius 2 is 0.500 bits per heavy atom. The highest BCUT2D eigenvalue weighted by molar-refractivity contribution is 5.71. The summed E-state index contributed by atoms with van der Waals surface area (Å²) in [6.45, 7) is 6.35. The number of hydrogen-bond donors (Lipinski definition) is 0. The first-order valence-corrected chi connectivity index (χ1v) is 32.5. The van der Waals surface area contributed by atoms with Crippen molar-refractivity contribution in [3.05, 3.63) is 158 Å². The maximum absolute atomic E-state index is 12.9. The highest BCUT2D eigenvalue weighted by atomic mass is 16.6. The van der Waals surface area contributed by atoms with E-state index in [1.165, 1.54) is 89.9 Å². The molecule has 0 bridgehead atoms. The predicted octanol–water partition coefficient (Wildman–Crippen LogP) is 22.5. The molecule has 0 aliphatic rings. The summed E-state index contributed by atoms with van der Waals surface area (Å²) in [5.74, 6) is -0.974. The van der Waals surface area contributed by atoms with Crippen LogP contribution >= 0.6 is 0 Å². The van der Waals surface area contributed by atoms with E-state index in [4.69, 9.17) is 14.2 Å². The predicted molar refractivity (Wildman–Crippen MR) is 348 cm³/mol. The van der Waals surface area contributed by atoms with Crippen molar-refractivity contribution >= 4 is 17.9 Å². The van der Waals surface area contributed by atoms with Crippen LogP contribution in [-0.2, 0) is 28.6 Å². The summed E-state index contributed by atoms with van der Waals surface area (Å²) in [5, 5.41) is 0. The second-order valence-corrected chi connectivity index (χ2v) is 20.9. The molecule has 6 heteroatoms. The third-order valence-electron chi connectivity index (χ3n) is 13.3. The molecule has 0 aliphatic heterocycles. The van der Waals surface area contributed by atoms with Gasteiger partial charge in [-0.2, -0.15) is 0 Å². The second kappa shape index (κ2) is 66.5. The van der Waals surface area contributed by atoms with Crippen molar-refractivity contribution in [1.82, 2.24) is 0 Å². The molecule has 0 aromatic heterocycles. The van der Waals surface area contributed by atoms with Crippen LogP contribution in [0.2, 0.25) is 0 Å². The monoisotopic (exact) mass is 1100 g/mol. The number of ether oxygens (including phenoxy) is 3. The lowest BCUT2D eigenvalue weighted by Crippen LogP contribution is -2.30. The Hall–Kier alpha value is -4.97. The van der Waals surface area contributed by atoms with E-state index in [2.05, 4.69) is 179 Å². The molecule has 1 unspecified atom stereocenters. The molecule has 450 valence electrons. The molecule has 0 radical (unpaired) electrons. The molecule has 0 fully saturated rings. The van der Waals surface area contributed by atoms with Gasteiger partial charge in [-0.05, 0) is 122 Å². The fourth-order valence-corrected chi connectivity index (χ4v) is 8.49. The normalized spacial score (nSPS) is 13.2. The first-order valence-electron chi connectivity index (χ1n) is 32.5. The highest BCUT2D eigenvalue weighted by Crippen LogP contribution is 2.15. The number of rotatable bonds is 57. The molecule has 0 spiro atoms. The molecule has 0 aliphatic carbocycles. The topological polar surface area (TPSA) is 78.9 Å². The van der Waals surface area contributed by atoms with Crippen molar-refractivity contribution in [1.29, 1.82) is 0 Å². The molecule has 0 saturated heterocycles. The van der Waals surface area contributed by atoms with E-state index in [1.807, 2.05) is 0 Å². The van der Waals surface area contributed by atoms with E-state index in [9.17, 15) is 14.4 Å². The Balaban J connectivity index is 4.36. The van der Waals surface area contributed by atoms with Crippen LogP contribution in [0.25, 0.3) is 0 Å². The van der Waals surface area contributed by atoms with Crippen LogP contribution in [0.5, 0.6) is 0 Å². The SMILES string of the molecule is CC/C=C\C/C=C\C/C=C\C/C=C\C/C=C\C/C=C\C/C=C\CCCC(=O)OC(COC(=O)CCCCCCCCCCCC)COC(=O)CCCCCCCCCCCC/C=C\C/C=C\C/C=C\C/C=C\C/C=C\C/C=C\CC. The second-order valence-electron chi connectivity index (χ2n) is 20.9. The Morgan fingerprint density at radius 1 is 0.263 bits per heavy atom. The molecule has 6 nitrogen and oxygen atoms in total. The van der Waals surface area contributed by atoms with E-state index in [0.717, 1.165) is 135 Å². The van der Waals surface area contributed by atoms with Crippen LogP contribution in [0.1, 0.15) is 271 Å². The first-order chi connectivity index (χ1) is 39.5. The fourth-order valence-electron chi connectivity index (χ4n) is 8.49. The standard InChI is InChI=1S/C74H118O6/c1-4-7-10-13-16-19-22-24-26-28-30-32-34-35-36-37-38-39-41-42-44-46-48-50-52-55-58-61-64-67-73(76)79-70-71(69-78-72(75)66-63-60-57-54-21-18-15-12-9-6-3)80-74(77)68-65-62-59-56-53-51-49-47-45-43-40-33-31-29-27-25-23-20-17-14-11-8-5-2/h7-8,10-11,16-17,19-20,24-27,30-33,35-36,38-39,43,45,49,51,56,59,71H,4-6,9,12-15,18,21-23,28-29,34,37,40-42,44,46-48,50,52-55,57-58,60-70H2,1-3H3/b10-7-,11-8-,19-16-,20-17-,26-24-,27-25-,32-30-,33-31-,36-35-,39-38-,45-43-,51-49-,59-56-. The average molecular weight is 1100 g/mol. The van der Waals surface area contributed by atoms with Gasteiger partial charge in [0.05, 0.1) is 0 Å². The van der Waals surface area contributed by atoms with Gasteiger partial charge < -0.3 is 14.2 Å². The van der Waals surface area contributed by atoms with Gasteiger partial charge in [-0.3, -0.25) is 14.4 Å². The van der Waals surface area contributed by atoms with Crippen molar-refractivity contribution in [2.75, 3.05) is 13.2 Å². The van der Waals surface area contributed by atoms with Gasteiger partial charge in [-0.25, -0.2) is 0 Å². The van der Waals surface area contributed by atoms with Gasteiger partial charge in [0.2, 0.25) is 0 Å². The third kappa shape index (κ3) is 63.9. The molecule has 0 rings (SSSR count). The van der Waals surface area contributed by atoms with Crippen LogP contribution in [0.3, 0.4) is 0 Å². The molecule has 80 heavy (non-hydrogen) atoms. The van der Waals surface area contributed by atoms with Gasteiger partial charge in [0, 0.05) is 19.3 Å². The lowest BCUT2D eigenvalue weighted by molar-refractivity contribution is -0.167. The Morgan fingerprint density at radius 3 is 0.800 bits per heavy atom. The van der Waals surface area contributed by atoms with E-state index in [1.54, 1.807) is 0 Å². The quantitative estimate of drug-likeness (QED) is 0.0261. The van der Waals surface area contributed by atoms with E-state index >= 15 is 0 Å². The number of unbranched alkanes of at least 4 members (excludes halogenated alkanes) is 20. The highest BCUT2D eigenvalue weighted by Gasteiger charge is 2.19. The van der Waals surface area contributed by atoms with Gasteiger partial charge in [-0.15, -0.1) is 0 Å². The number of carbonyl (C=O) groups excluding carboxylic acids is 3. The molecular weight excluding hydrogens is 985 g/mol. The molecule has 1 atom stereocenters. The number of carbonyl (C=O) groups is 3. The van der Waals surface area contributed by atoms with Gasteiger partial charge in [0.25, 0.3) is 0 Å². The zero-order valence-electron chi connectivity index (χ0n) is 51.5. The van der Waals surface area contributed by atoms with Crippen LogP contribution in [0.15, 0.2) is 158 Å². The zero-order chi connectivity index (χ0) is 57.8. The zero-order valence-corrected chi connectivity index (χ0v) is 51.5. The summed E-state index contributed by atoms with van der Waals surface area (Å²) < 4.78 is 16.8. The number of esters is 3. The smallest absolute Gasteiger partial charge is 0.306 e. The molecule has 0 saturated carbocycles. The van der Waals surface area contributed by atoms with Crippen molar-refractivity contribution in [2.24, 2.45) is 0 Å². The molecule has 0 aromatic rings. The summed E-state index contributed by atoms with van der Waals surface area (Å²) in [5.41, 5.74) is 0.